The fourth-order valence-electron chi connectivity index (χ4n) is 2.93. The molecule has 0 fully saturated rings. The zero-order valence-corrected chi connectivity index (χ0v) is 19.8. The van der Waals surface area contributed by atoms with Crippen molar-refractivity contribution in [1.82, 2.24) is 0 Å². The number of ether oxygens (including phenoxy) is 2. The van der Waals surface area contributed by atoms with Crippen LogP contribution in [-0.4, -0.2) is 51.5 Å². The van der Waals surface area contributed by atoms with Crippen molar-refractivity contribution in [3.8, 4) is 5.75 Å². The maximum Gasteiger partial charge on any atom is 0.360 e. The minimum Gasteiger partial charge on any atom is -0.494 e. The van der Waals surface area contributed by atoms with Crippen molar-refractivity contribution in [3.63, 3.8) is 0 Å². The Bertz CT molecular complexity index is 1050. The standard InChI is InChI=1S/C24H28FN3O6/c1-6-13-33-17-11-12-20(21(25)14-17)22(27-31-4)15-26-34-16(2)18-9-7-8-10-19(18)23(28-32-5)24(29)30-3/h7-12,14-16H,6,13H2,1-5H3. The first-order valence-electron chi connectivity index (χ1n) is 10.5. The lowest BCUT2D eigenvalue weighted by Gasteiger charge is -2.15. The number of halogens is 1. The van der Waals surface area contributed by atoms with Crippen molar-refractivity contribution in [1.29, 1.82) is 0 Å². The minimum absolute atomic E-state index is 0.0193. The molecule has 0 radical (unpaired) electrons. The monoisotopic (exact) mass is 473 g/mol. The van der Waals surface area contributed by atoms with E-state index in [9.17, 15) is 9.18 Å². The van der Waals surface area contributed by atoms with E-state index < -0.39 is 17.9 Å². The molecule has 0 saturated carbocycles. The normalized spacial score (nSPS) is 12.9. The Morgan fingerprint density at radius 3 is 2.44 bits per heavy atom. The van der Waals surface area contributed by atoms with Crippen molar-refractivity contribution >= 4 is 23.6 Å². The van der Waals surface area contributed by atoms with E-state index in [-0.39, 0.29) is 17.0 Å². The summed E-state index contributed by atoms with van der Waals surface area (Å²) in [6.45, 7) is 4.18. The first-order chi connectivity index (χ1) is 16.5. The van der Waals surface area contributed by atoms with Gasteiger partial charge in [-0.2, -0.15) is 0 Å². The third-order valence-electron chi connectivity index (χ3n) is 4.49. The first-order valence-corrected chi connectivity index (χ1v) is 10.5. The number of rotatable bonds is 12. The maximum absolute atomic E-state index is 14.6. The molecule has 9 nitrogen and oxygen atoms in total. The van der Waals surface area contributed by atoms with Crippen molar-refractivity contribution in [2.75, 3.05) is 27.9 Å². The highest BCUT2D eigenvalue weighted by molar-refractivity contribution is 6.43. The summed E-state index contributed by atoms with van der Waals surface area (Å²) >= 11 is 0. The molecule has 2 rings (SSSR count). The van der Waals surface area contributed by atoms with Crippen LogP contribution < -0.4 is 4.74 Å². The Morgan fingerprint density at radius 2 is 1.79 bits per heavy atom. The molecular weight excluding hydrogens is 445 g/mol. The van der Waals surface area contributed by atoms with Crippen LogP contribution in [0.5, 0.6) is 5.75 Å². The third-order valence-corrected chi connectivity index (χ3v) is 4.49. The molecule has 0 heterocycles. The summed E-state index contributed by atoms with van der Waals surface area (Å²) in [6, 6.07) is 11.4. The van der Waals surface area contributed by atoms with Gasteiger partial charge in [0.2, 0.25) is 0 Å². The fraction of sp³-hybridized carbons (Fsp3) is 0.333. The molecule has 0 spiro atoms. The van der Waals surface area contributed by atoms with Gasteiger partial charge in [0.15, 0.2) is 5.71 Å². The average molecular weight is 474 g/mol. The molecule has 0 aliphatic rings. The van der Waals surface area contributed by atoms with Crippen LogP contribution in [0.4, 0.5) is 4.39 Å². The number of methoxy groups -OCH3 is 1. The smallest absolute Gasteiger partial charge is 0.360 e. The Morgan fingerprint density at radius 1 is 1.06 bits per heavy atom. The molecule has 2 aromatic rings. The van der Waals surface area contributed by atoms with Gasteiger partial charge >= 0.3 is 5.97 Å². The van der Waals surface area contributed by atoms with E-state index in [0.717, 1.165) is 6.42 Å². The third kappa shape index (κ3) is 7.03. The lowest BCUT2D eigenvalue weighted by Crippen LogP contribution is -2.20. The number of hydrogen-bond donors (Lipinski definition) is 0. The van der Waals surface area contributed by atoms with Gasteiger partial charge in [-0.3, -0.25) is 0 Å². The summed E-state index contributed by atoms with van der Waals surface area (Å²) in [7, 11) is 3.92. The van der Waals surface area contributed by atoms with Gasteiger partial charge in [0, 0.05) is 22.8 Å². The van der Waals surface area contributed by atoms with E-state index in [4.69, 9.17) is 24.0 Å². The van der Waals surface area contributed by atoms with Crippen LogP contribution in [0, 0.1) is 5.82 Å². The van der Waals surface area contributed by atoms with Gasteiger partial charge in [-0.1, -0.05) is 46.7 Å². The molecule has 0 saturated heterocycles. The molecule has 1 atom stereocenters. The number of hydrogen-bond acceptors (Lipinski definition) is 9. The predicted octanol–water partition coefficient (Wildman–Crippen LogP) is 4.25. The highest BCUT2D eigenvalue weighted by atomic mass is 19.1. The van der Waals surface area contributed by atoms with Crippen LogP contribution >= 0.6 is 0 Å². The first kappa shape index (κ1) is 26.3. The molecule has 0 N–H and O–H groups in total. The van der Waals surface area contributed by atoms with E-state index in [1.165, 1.54) is 39.7 Å². The van der Waals surface area contributed by atoms with Crippen molar-refractivity contribution in [2.45, 2.75) is 26.4 Å². The van der Waals surface area contributed by atoms with Crippen LogP contribution in [0.2, 0.25) is 0 Å². The molecule has 182 valence electrons. The molecule has 34 heavy (non-hydrogen) atoms. The molecule has 0 aliphatic heterocycles. The summed E-state index contributed by atoms with van der Waals surface area (Å²) in [6.07, 6.45) is 1.43. The van der Waals surface area contributed by atoms with Crippen molar-refractivity contribution in [2.24, 2.45) is 15.5 Å². The van der Waals surface area contributed by atoms with Gasteiger partial charge in [-0.05, 0) is 25.5 Å². The number of benzene rings is 2. The molecule has 2 aromatic carbocycles. The van der Waals surface area contributed by atoms with Crippen LogP contribution in [0.1, 0.15) is 43.1 Å². The summed E-state index contributed by atoms with van der Waals surface area (Å²) in [5.74, 6) is -0.800. The molecule has 0 amide bonds. The second kappa shape index (κ2) is 13.6. The van der Waals surface area contributed by atoms with E-state index in [1.807, 2.05) is 6.92 Å². The number of carbonyl (C=O) groups excluding carboxylic acids is 1. The van der Waals surface area contributed by atoms with Gasteiger partial charge in [0.05, 0.1) is 19.9 Å². The minimum atomic E-state index is -0.665. The van der Waals surface area contributed by atoms with Crippen LogP contribution in [-0.2, 0) is 24.0 Å². The highest BCUT2D eigenvalue weighted by Crippen LogP contribution is 2.23. The van der Waals surface area contributed by atoms with Crippen LogP contribution in [0.25, 0.3) is 0 Å². The number of nitrogens with zero attached hydrogens (tertiary/aromatic N) is 3. The van der Waals surface area contributed by atoms with Crippen molar-refractivity contribution < 1.29 is 33.2 Å². The Hall–Kier alpha value is -3.95. The molecule has 0 aromatic heterocycles. The second-order valence-corrected chi connectivity index (χ2v) is 6.83. The summed E-state index contributed by atoms with van der Waals surface area (Å²) in [5, 5.41) is 11.6. The number of esters is 1. The summed E-state index contributed by atoms with van der Waals surface area (Å²) in [5.41, 5.74) is 1.31. The lowest BCUT2D eigenvalue weighted by molar-refractivity contribution is -0.132. The molecular formula is C24H28FN3O6. The number of carbonyl (C=O) groups is 1. The average Bonchev–Trinajstić information content (AvgIpc) is 2.85. The van der Waals surface area contributed by atoms with E-state index in [2.05, 4.69) is 15.5 Å². The lowest BCUT2D eigenvalue weighted by atomic mass is 9.99. The van der Waals surface area contributed by atoms with Crippen LogP contribution in [0.15, 0.2) is 57.9 Å². The van der Waals surface area contributed by atoms with Gasteiger partial charge in [0.1, 0.15) is 37.6 Å². The largest absolute Gasteiger partial charge is 0.494 e. The van der Waals surface area contributed by atoms with Gasteiger partial charge in [0.25, 0.3) is 0 Å². The molecule has 0 aliphatic carbocycles. The van der Waals surface area contributed by atoms with Gasteiger partial charge in [-0.25, -0.2) is 9.18 Å². The quantitative estimate of drug-likeness (QED) is 0.260. The number of oxime groups is 3. The zero-order valence-electron chi connectivity index (χ0n) is 19.8. The Labute approximate surface area is 197 Å². The van der Waals surface area contributed by atoms with E-state index >= 15 is 0 Å². The predicted molar refractivity (Wildman–Crippen MR) is 126 cm³/mol. The molecule has 1 unspecified atom stereocenters. The highest BCUT2D eigenvalue weighted by Gasteiger charge is 2.22. The zero-order chi connectivity index (χ0) is 24.9. The van der Waals surface area contributed by atoms with Gasteiger partial charge in [-0.15, -0.1) is 0 Å². The van der Waals surface area contributed by atoms with Crippen LogP contribution in [0.3, 0.4) is 0 Å². The van der Waals surface area contributed by atoms with Crippen molar-refractivity contribution in [3.05, 3.63) is 65.0 Å². The SMILES string of the molecule is CCCOc1ccc(C(C=NOC(C)c2ccccc2C(=NOC)C(=O)OC)=NOC)c(F)c1. The molecule has 10 heteroatoms. The fourth-order valence-corrected chi connectivity index (χ4v) is 2.93. The molecule has 0 bridgehead atoms. The van der Waals surface area contributed by atoms with E-state index in [0.29, 0.717) is 23.5 Å². The summed E-state index contributed by atoms with van der Waals surface area (Å²) < 4.78 is 24.9. The Balaban J connectivity index is 2.25. The van der Waals surface area contributed by atoms with Gasteiger partial charge < -0.3 is 24.0 Å². The second-order valence-electron chi connectivity index (χ2n) is 6.83. The Kier molecular flexibility index (Phi) is 10.5. The maximum atomic E-state index is 14.6. The van der Waals surface area contributed by atoms with E-state index in [1.54, 1.807) is 37.3 Å². The topological polar surface area (TPSA) is 100 Å². The summed E-state index contributed by atoms with van der Waals surface area (Å²) in [4.78, 5) is 27.3.